The summed E-state index contributed by atoms with van der Waals surface area (Å²) in [6.07, 6.45) is 10.9. The topological polar surface area (TPSA) is 52.6 Å². The van der Waals surface area contributed by atoms with Crippen molar-refractivity contribution in [2.75, 3.05) is 44.2 Å². The summed E-state index contributed by atoms with van der Waals surface area (Å²) in [5.74, 6) is 1.34. The van der Waals surface area contributed by atoms with E-state index in [0.717, 1.165) is 64.1 Å². The molecular formula is C19H29N5O. The quantitative estimate of drug-likeness (QED) is 0.837. The summed E-state index contributed by atoms with van der Waals surface area (Å²) in [4.78, 5) is 28.5. The molecular weight excluding hydrogens is 314 g/mol. The molecule has 1 aromatic heterocycles. The summed E-state index contributed by atoms with van der Waals surface area (Å²) < 4.78 is 0. The van der Waals surface area contributed by atoms with Crippen molar-refractivity contribution in [3.63, 3.8) is 0 Å². The summed E-state index contributed by atoms with van der Waals surface area (Å²) in [5.41, 5.74) is 0. The van der Waals surface area contributed by atoms with Crippen molar-refractivity contribution in [2.45, 2.75) is 44.6 Å². The van der Waals surface area contributed by atoms with Crippen LogP contribution in [0.4, 0.5) is 5.95 Å². The molecule has 0 unspecified atom stereocenters. The van der Waals surface area contributed by atoms with Gasteiger partial charge in [-0.2, -0.15) is 0 Å². The normalized spacial score (nSPS) is 24.0. The van der Waals surface area contributed by atoms with Crippen LogP contribution in [-0.2, 0) is 4.79 Å². The monoisotopic (exact) mass is 343 g/mol. The van der Waals surface area contributed by atoms with Crippen molar-refractivity contribution < 1.29 is 4.79 Å². The molecule has 0 N–H and O–H groups in total. The Bertz CT molecular complexity index is 558. The predicted octanol–water partition coefficient (Wildman–Crippen LogP) is 1.78. The van der Waals surface area contributed by atoms with Crippen molar-refractivity contribution >= 4 is 11.9 Å². The van der Waals surface area contributed by atoms with Gasteiger partial charge >= 0.3 is 0 Å². The van der Waals surface area contributed by atoms with E-state index in [9.17, 15) is 4.79 Å². The summed E-state index contributed by atoms with van der Waals surface area (Å²) >= 11 is 0. The third-order valence-corrected chi connectivity index (χ3v) is 6.15. The number of carbonyl (C=O) groups excluding carboxylic acids is 1. The maximum atomic E-state index is 12.9. The fraction of sp³-hybridized carbons (Fsp3) is 0.737. The molecule has 1 amide bonds. The van der Waals surface area contributed by atoms with Gasteiger partial charge in [-0.3, -0.25) is 9.69 Å². The van der Waals surface area contributed by atoms with Crippen LogP contribution in [0.5, 0.6) is 0 Å². The summed E-state index contributed by atoms with van der Waals surface area (Å²) in [6.45, 7) is 5.71. The zero-order chi connectivity index (χ0) is 17.1. The number of piperidine rings is 1. The van der Waals surface area contributed by atoms with Crippen LogP contribution in [0.1, 0.15) is 38.5 Å². The largest absolute Gasteiger partial charge is 0.341 e. The molecule has 0 bridgehead atoms. The highest BCUT2D eigenvalue weighted by Crippen LogP contribution is 2.26. The molecule has 0 spiro atoms. The molecule has 3 heterocycles. The number of carbonyl (C=O) groups is 1. The Morgan fingerprint density at radius 2 is 1.52 bits per heavy atom. The smallest absolute Gasteiger partial charge is 0.225 e. The van der Waals surface area contributed by atoms with Crippen molar-refractivity contribution in [3.05, 3.63) is 18.5 Å². The molecule has 136 valence electrons. The van der Waals surface area contributed by atoms with Crippen LogP contribution in [-0.4, -0.2) is 71.0 Å². The van der Waals surface area contributed by atoms with Crippen LogP contribution in [0.3, 0.4) is 0 Å². The molecule has 3 fully saturated rings. The van der Waals surface area contributed by atoms with Gasteiger partial charge in [-0.15, -0.1) is 0 Å². The van der Waals surface area contributed by atoms with Crippen LogP contribution in [0.25, 0.3) is 0 Å². The lowest BCUT2D eigenvalue weighted by Gasteiger charge is -2.40. The zero-order valence-electron chi connectivity index (χ0n) is 15.0. The molecule has 1 saturated carbocycles. The third kappa shape index (κ3) is 3.78. The van der Waals surface area contributed by atoms with Gasteiger partial charge < -0.3 is 9.80 Å². The van der Waals surface area contributed by atoms with Gasteiger partial charge in [-0.25, -0.2) is 9.97 Å². The second kappa shape index (κ2) is 7.68. The van der Waals surface area contributed by atoms with Gasteiger partial charge in [0.25, 0.3) is 0 Å². The number of hydrogen-bond donors (Lipinski definition) is 0. The maximum absolute atomic E-state index is 12.9. The van der Waals surface area contributed by atoms with Crippen LogP contribution in [0, 0.1) is 5.92 Å². The Balaban J connectivity index is 1.25. The number of aromatic nitrogens is 2. The van der Waals surface area contributed by atoms with Gasteiger partial charge in [-0.05, 0) is 31.7 Å². The van der Waals surface area contributed by atoms with E-state index < -0.39 is 0 Å². The molecule has 6 nitrogen and oxygen atoms in total. The lowest BCUT2D eigenvalue weighted by molar-refractivity contribution is -0.138. The molecule has 25 heavy (non-hydrogen) atoms. The average Bonchev–Trinajstić information content (AvgIpc) is 3.23. The first kappa shape index (κ1) is 16.8. The van der Waals surface area contributed by atoms with Crippen molar-refractivity contribution in [1.29, 1.82) is 0 Å². The minimum atomic E-state index is 0.179. The molecule has 2 saturated heterocycles. The minimum absolute atomic E-state index is 0.179. The zero-order valence-corrected chi connectivity index (χ0v) is 15.0. The van der Waals surface area contributed by atoms with Gasteiger partial charge in [0.2, 0.25) is 11.9 Å². The molecule has 0 radical (unpaired) electrons. The highest BCUT2D eigenvalue weighted by atomic mass is 16.2. The van der Waals surface area contributed by atoms with Crippen LogP contribution >= 0.6 is 0 Å². The SMILES string of the molecule is O=C(C1CCN(c2ncccn2)CC1)N1CCN(C2CCCC2)CC1. The molecule has 1 aliphatic carbocycles. The number of amides is 1. The Morgan fingerprint density at radius 3 is 2.16 bits per heavy atom. The van der Waals surface area contributed by atoms with E-state index in [1.807, 2.05) is 6.07 Å². The molecule has 0 aromatic carbocycles. The molecule has 3 aliphatic rings. The van der Waals surface area contributed by atoms with E-state index in [-0.39, 0.29) is 5.92 Å². The highest BCUT2D eigenvalue weighted by Gasteiger charge is 2.32. The van der Waals surface area contributed by atoms with Crippen molar-refractivity contribution in [1.82, 2.24) is 19.8 Å². The Morgan fingerprint density at radius 1 is 0.880 bits per heavy atom. The Kier molecular flexibility index (Phi) is 5.15. The van der Waals surface area contributed by atoms with Crippen LogP contribution in [0.15, 0.2) is 18.5 Å². The second-order valence-electron chi connectivity index (χ2n) is 7.61. The van der Waals surface area contributed by atoms with Crippen LogP contribution < -0.4 is 4.90 Å². The second-order valence-corrected chi connectivity index (χ2v) is 7.61. The first-order valence-electron chi connectivity index (χ1n) is 9.86. The molecule has 6 heteroatoms. The molecule has 4 rings (SSSR count). The van der Waals surface area contributed by atoms with E-state index in [0.29, 0.717) is 5.91 Å². The van der Waals surface area contributed by atoms with Crippen molar-refractivity contribution in [3.8, 4) is 0 Å². The standard InChI is InChI=1S/C19H29N5O/c25-18(23-14-12-22(13-15-23)17-4-1-2-5-17)16-6-10-24(11-7-16)19-20-8-3-9-21-19/h3,8-9,16-17H,1-2,4-7,10-15H2. The lowest BCUT2D eigenvalue weighted by atomic mass is 9.95. The highest BCUT2D eigenvalue weighted by molar-refractivity contribution is 5.79. The molecule has 2 aliphatic heterocycles. The summed E-state index contributed by atoms with van der Waals surface area (Å²) in [5, 5.41) is 0. The average molecular weight is 343 g/mol. The summed E-state index contributed by atoms with van der Waals surface area (Å²) in [7, 11) is 0. The van der Waals surface area contributed by atoms with Gasteiger partial charge in [0.1, 0.15) is 0 Å². The number of hydrogen-bond acceptors (Lipinski definition) is 5. The summed E-state index contributed by atoms with van der Waals surface area (Å²) in [6, 6.07) is 2.62. The predicted molar refractivity (Wildman–Crippen MR) is 97.4 cm³/mol. The van der Waals surface area contributed by atoms with Crippen molar-refractivity contribution in [2.24, 2.45) is 5.92 Å². The van der Waals surface area contributed by atoms with E-state index in [1.54, 1.807) is 12.4 Å². The minimum Gasteiger partial charge on any atom is -0.341 e. The van der Waals surface area contributed by atoms with E-state index in [2.05, 4.69) is 24.7 Å². The molecule has 0 atom stereocenters. The van der Waals surface area contributed by atoms with Crippen LogP contribution in [0.2, 0.25) is 0 Å². The fourth-order valence-electron chi connectivity index (χ4n) is 4.62. The number of piperazine rings is 1. The lowest BCUT2D eigenvalue weighted by Crippen LogP contribution is -2.53. The first-order valence-corrected chi connectivity index (χ1v) is 9.86. The van der Waals surface area contributed by atoms with E-state index in [4.69, 9.17) is 0 Å². The van der Waals surface area contributed by atoms with E-state index >= 15 is 0 Å². The van der Waals surface area contributed by atoms with Gasteiger partial charge in [-0.1, -0.05) is 12.8 Å². The molecule has 1 aromatic rings. The fourth-order valence-corrected chi connectivity index (χ4v) is 4.62. The number of anilines is 1. The number of rotatable bonds is 3. The Labute approximate surface area is 150 Å². The van der Waals surface area contributed by atoms with Gasteiger partial charge in [0, 0.05) is 63.6 Å². The maximum Gasteiger partial charge on any atom is 0.225 e. The van der Waals surface area contributed by atoms with Gasteiger partial charge in [0.15, 0.2) is 0 Å². The number of nitrogens with zero attached hydrogens (tertiary/aromatic N) is 5. The van der Waals surface area contributed by atoms with E-state index in [1.165, 1.54) is 25.7 Å². The first-order chi connectivity index (χ1) is 12.3. The Hall–Kier alpha value is -1.69. The third-order valence-electron chi connectivity index (χ3n) is 6.15. The van der Waals surface area contributed by atoms with Gasteiger partial charge in [0.05, 0.1) is 0 Å².